The maximum absolute atomic E-state index is 12.3. The number of rotatable bonds is 3. The van der Waals surface area contributed by atoms with Crippen LogP contribution in [-0.2, 0) is 11.0 Å². The molecule has 1 rings (SSSR count). The summed E-state index contributed by atoms with van der Waals surface area (Å²) in [6.07, 6.45) is -4.13. The third kappa shape index (κ3) is 4.38. The van der Waals surface area contributed by atoms with Crippen LogP contribution in [0.1, 0.15) is 25.8 Å². The van der Waals surface area contributed by atoms with E-state index < -0.39 is 11.7 Å². The van der Waals surface area contributed by atoms with Crippen molar-refractivity contribution in [2.24, 2.45) is 4.99 Å². The molecule has 0 N–H and O–H groups in total. The Morgan fingerprint density at radius 3 is 2.12 bits per heavy atom. The van der Waals surface area contributed by atoms with Gasteiger partial charge in [0.15, 0.2) is 0 Å². The van der Waals surface area contributed by atoms with E-state index in [1.165, 1.54) is 19.1 Å². The predicted octanol–water partition coefficient (Wildman–Crippen LogP) is 3.78. The van der Waals surface area contributed by atoms with E-state index in [1.807, 2.05) is 0 Å². The number of aliphatic imine (C=N–C) groups is 1. The van der Waals surface area contributed by atoms with Gasteiger partial charge in [-0.1, -0.05) is 0 Å². The summed E-state index contributed by atoms with van der Waals surface area (Å²) in [7, 11) is 0. The van der Waals surface area contributed by atoms with Crippen molar-refractivity contribution in [1.29, 1.82) is 0 Å². The molecule has 5 heteroatoms. The first kappa shape index (κ1) is 13.4. The minimum absolute atomic E-state index is 0.0295. The molecule has 0 radical (unpaired) electrons. The highest BCUT2D eigenvalue weighted by Crippen LogP contribution is 2.30. The fourth-order valence-corrected chi connectivity index (χ4v) is 1.35. The van der Waals surface area contributed by atoms with Crippen molar-refractivity contribution in [3.63, 3.8) is 0 Å². The largest absolute Gasteiger partial charge is 0.416 e. The van der Waals surface area contributed by atoms with E-state index in [-0.39, 0.29) is 12.2 Å². The number of benzene rings is 1. The van der Waals surface area contributed by atoms with Crippen molar-refractivity contribution >= 4 is 17.2 Å². The average molecular weight is 243 g/mol. The fraction of sp³-hybridized carbons (Fsp3) is 0.333. The SMILES string of the molecule is CC(=O)C/C(C)=N/c1ccc(C(F)(F)F)cc1. The molecule has 17 heavy (non-hydrogen) atoms. The molecule has 0 aliphatic carbocycles. The molecular weight excluding hydrogens is 231 g/mol. The molecule has 92 valence electrons. The van der Waals surface area contributed by atoms with E-state index in [0.29, 0.717) is 11.4 Å². The van der Waals surface area contributed by atoms with Crippen molar-refractivity contribution in [3.8, 4) is 0 Å². The summed E-state index contributed by atoms with van der Waals surface area (Å²) in [5.41, 5.74) is 0.287. The van der Waals surface area contributed by atoms with E-state index >= 15 is 0 Å². The number of hydrogen-bond acceptors (Lipinski definition) is 2. The van der Waals surface area contributed by atoms with Crippen LogP contribution in [0.25, 0.3) is 0 Å². The van der Waals surface area contributed by atoms with Gasteiger partial charge in [0.2, 0.25) is 0 Å². The monoisotopic (exact) mass is 243 g/mol. The van der Waals surface area contributed by atoms with E-state index in [2.05, 4.69) is 4.99 Å². The van der Waals surface area contributed by atoms with Crippen molar-refractivity contribution in [2.75, 3.05) is 0 Å². The van der Waals surface area contributed by atoms with Crippen LogP contribution in [0.2, 0.25) is 0 Å². The van der Waals surface area contributed by atoms with Crippen LogP contribution >= 0.6 is 0 Å². The first-order chi connectivity index (χ1) is 7.79. The molecule has 0 saturated heterocycles. The molecule has 0 amide bonds. The lowest BCUT2D eigenvalue weighted by molar-refractivity contribution is -0.137. The first-order valence-corrected chi connectivity index (χ1v) is 5.00. The molecular formula is C12H12F3NO. The van der Waals surface area contributed by atoms with E-state index in [9.17, 15) is 18.0 Å². The van der Waals surface area contributed by atoms with Gasteiger partial charge in [-0.15, -0.1) is 0 Å². The lowest BCUT2D eigenvalue weighted by Gasteiger charge is -2.06. The predicted molar refractivity (Wildman–Crippen MR) is 59.5 cm³/mol. The summed E-state index contributed by atoms with van der Waals surface area (Å²) in [6, 6.07) is 4.51. The summed E-state index contributed by atoms with van der Waals surface area (Å²) in [5.74, 6) is -0.0295. The highest BCUT2D eigenvalue weighted by Gasteiger charge is 2.29. The van der Waals surface area contributed by atoms with Crippen LogP contribution in [0, 0.1) is 0 Å². The first-order valence-electron chi connectivity index (χ1n) is 5.00. The van der Waals surface area contributed by atoms with Crippen LogP contribution in [0.4, 0.5) is 18.9 Å². The molecule has 0 heterocycles. The molecule has 1 aromatic carbocycles. The molecule has 0 saturated carbocycles. The van der Waals surface area contributed by atoms with Gasteiger partial charge in [-0.25, -0.2) is 0 Å². The third-order valence-corrected chi connectivity index (χ3v) is 2.02. The van der Waals surface area contributed by atoms with Crippen molar-refractivity contribution in [3.05, 3.63) is 29.8 Å². The lowest BCUT2D eigenvalue weighted by atomic mass is 10.2. The summed E-state index contributed by atoms with van der Waals surface area (Å²) in [5, 5.41) is 0. The zero-order valence-corrected chi connectivity index (χ0v) is 9.51. The van der Waals surface area contributed by atoms with Gasteiger partial charge in [0.1, 0.15) is 5.78 Å². The number of hydrogen-bond donors (Lipinski definition) is 0. The Bertz CT molecular complexity index is 432. The number of halogens is 3. The summed E-state index contributed by atoms with van der Waals surface area (Å²) >= 11 is 0. The van der Waals surface area contributed by atoms with Crippen LogP contribution < -0.4 is 0 Å². The number of carbonyl (C=O) groups is 1. The minimum Gasteiger partial charge on any atom is -0.300 e. The quantitative estimate of drug-likeness (QED) is 0.743. The number of Topliss-reactive ketones (excluding diaryl/α,β-unsaturated/α-hetero) is 1. The minimum atomic E-state index is -4.34. The Hall–Kier alpha value is -1.65. The average Bonchev–Trinajstić information content (AvgIpc) is 2.15. The van der Waals surface area contributed by atoms with Gasteiger partial charge in [-0.05, 0) is 38.1 Å². The zero-order valence-electron chi connectivity index (χ0n) is 9.51. The smallest absolute Gasteiger partial charge is 0.300 e. The lowest BCUT2D eigenvalue weighted by Crippen LogP contribution is -2.03. The highest BCUT2D eigenvalue weighted by atomic mass is 19.4. The Balaban J connectivity index is 2.85. The van der Waals surface area contributed by atoms with Crippen LogP contribution in [-0.4, -0.2) is 11.5 Å². The molecule has 1 aromatic rings. The molecule has 0 aliphatic heterocycles. The van der Waals surface area contributed by atoms with Gasteiger partial charge in [0, 0.05) is 12.1 Å². The number of nitrogens with zero attached hydrogens (tertiary/aromatic N) is 1. The fourth-order valence-electron chi connectivity index (χ4n) is 1.35. The van der Waals surface area contributed by atoms with Gasteiger partial charge in [0.05, 0.1) is 11.3 Å². The van der Waals surface area contributed by atoms with E-state index in [0.717, 1.165) is 12.1 Å². The summed E-state index contributed by atoms with van der Waals surface area (Å²) < 4.78 is 36.8. The standard InChI is InChI=1S/C12H12F3NO/c1-8(7-9(2)17)16-11-5-3-10(4-6-11)12(13,14)15/h3-6H,7H2,1-2H3/b16-8+. The molecule has 0 unspecified atom stereocenters. The van der Waals surface area contributed by atoms with Crippen molar-refractivity contribution in [1.82, 2.24) is 0 Å². The topological polar surface area (TPSA) is 29.4 Å². The summed E-state index contributed by atoms with van der Waals surface area (Å²) in [6.45, 7) is 3.10. The van der Waals surface area contributed by atoms with Gasteiger partial charge >= 0.3 is 6.18 Å². The maximum atomic E-state index is 12.3. The number of alkyl halides is 3. The van der Waals surface area contributed by atoms with Crippen LogP contribution in [0.5, 0.6) is 0 Å². The van der Waals surface area contributed by atoms with Gasteiger partial charge in [-0.3, -0.25) is 9.79 Å². The Morgan fingerprint density at radius 1 is 1.18 bits per heavy atom. The van der Waals surface area contributed by atoms with Crippen molar-refractivity contribution in [2.45, 2.75) is 26.4 Å². The second-order valence-corrected chi connectivity index (χ2v) is 3.77. The molecule has 0 fully saturated rings. The van der Waals surface area contributed by atoms with Gasteiger partial charge in [0.25, 0.3) is 0 Å². The third-order valence-electron chi connectivity index (χ3n) is 2.02. The second-order valence-electron chi connectivity index (χ2n) is 3.77. The normalized spacial score (nSPS) is 12.6. The Kier molecular flexibility index (Phi) is 4.04. The van der Waals surface area contributed by atoms with Gasteiger partial charge in [-0.2, -0.15) is 13.2 Å². The van der Waals surface area contributed by atoms with E-state index in [1.54, 1.807) is 6.92 Å². The Morgan fingerprint density at radius 2 is 1.71 bits per heavy atom. The molecule has 0 atom stereocenters. The molecule has 0 bridgehead atoms. The number of carbonyl (C=O) groups excluding carboxylic acids is 1. The molecule has 0 aromatic heterocycles. The second kappa shape index (κ2) is 5.12. The maximum Gasteiger partial charge on any atom is 0.416 e. The van der Waals surface area contributed by atoms with Crippen LogP contribution in [0.15, 0.2) is 29.3 Å². The number of ketones is 1. The van der Waals surface area contributed by atoms with Gasteiger partial charge < -0.3 is 0 Å². The zero-order chi connectivity index (χ0) is 13.1. The molecule has 0 aliphatic rings. The molecule has 2 nitrogen and oxygen atoms in total. The highest BCUT2D eigenvalue weighted by molar-refractivity contribution is 6.00. The van der Waals surface area contributed by atoms with Crippen molar-refractivity contribution < 1.29 is 18.0 Å². The Labute approximate surface area is 97.2 Å². The molecule has 0 spiro atoms. The summed E-state index contributed by atoms with van der Waals surface area (Å²) in [4.78, 5) is 14.9. The van der Waals surface area contributed by atoms with Crippen LogP contribution in [0.3, 0.4) is 0 Å². The van der Waals surface area contributed by atoms with E-state index in [4.69, 9.17) is 0 Å².